The zero-order chi connectivity index (χ0) is 20.2. The fraction of sp³-hybridized carbons (Fsp3) is 0.478. The first kappa shape index (κ1) is 19.5. The van der Waals surface area contributed by atoms with Gasteiger partial charge in [-0.1, -0.05) is 23.2 Å². The maximum Gasteiger partial charge on any atom is 0.123 e. The van der Waals surface area contributed by atoms with Gasteiger partial charge in [0.2, 0.25) is 0 Å². The van der Waals surface area contributed by atoms with E-state index in [1.807, 2.05) is 12.1 Å². The number of fused-ring (bicyclic) bond motifs is 5. The third-order valence-corrected chi connectivity index (χ3v) is 7.52. The Bertz CT molecular complexity index is 903. The molecule has 5 rings (SSSR count). The van der Waals surface area contributed by atoms with Crippen molar-refractivity contribution in [1.82, 2.24) is 0 Å². The number of hydrogen-bond donors (Lipinski definition) is 0. The van der Waals surface area contributed by atoms with E-state index in [1.54, 1.807) is 18.2 Å². The SMILES string of the molecule is CC12CCC(CCOc3ccc(F)cc3)(O1)C1CN(c3cc(Cl)cc(Cl)c3)CC12. The van der Waals surface area contributed by atoms with Crippen molar-refractivity contribution >= 4 is 28.9 Å². The number of anilines is 1. The van der Waals surface area contributed by atoms with Gasteiger partial charge in [0.05, 0.1) is 17.8 Å². The topological polar surface area (TPSA) is 21.7 Å². The monoisotopic (exact) mass is 435 g/mol. The van der Waals surface area contributed by atoms with Crippen molar-refractivity contribution in [3.05, 3.63) is 58.3 Å². The summed E-state index contributed by atoms with van der Waals surface area (Å²) < 4.78 is 25.7. The molecule has 0 aromatic heterocycles. The molecule has 0 spiro atoms. The molecular weight excluding hydrogens is 412 g/mol. The molecule has 154 valence electrons. The average molecular weight is 436 g/mol. The van der Waals surface area contributed by atoms with Gasteiger partial charge < -0.3 is 14.4 Å². The van der Waals surface area contributed by atoms with E-state index in [9.17, 15) is 4.39 Å². The molecule has 4 unspecified atom stereocenters. The molecule has 3 aliphatic heterocycles. The third kappa shape index (κ3) is 3.39. The number of halogens is 3. The third-order valence-electron chi connectivity index (χ3n) is 7.08. The highest BCUT2D eigenvalue weighted by Gasteiger charge is 2.67. The molecule has 3 aliphatic rings. The van der Waals surface area contributed by atoms with E-state index in [0.29, 0.717) is 34.2 Å². The highest BCUT2D eigenvalue weighted by atomic mass is 35.5. The van der Waals surface area contributed by atoms with E-state index in [2.05, 4.69) is 11.8 Å². The molecular formula is C23H24Cl2FNO2. The van der Waals surface area contributed by atoms with Gasteiger partial charge in [-0.05, 0) is 62.2 Å². The number of ether oxygens (including phenoxy) is 2. The molecule has 0 saturated carbocycles. The summed E-state index contributed by atoms with van der Waals surface area (Å²) in [4.78, 5) is 2.40. The minimum absolute atomic E-state index is 0.0857. The minimum atomic E-state index is -0.253. The summed E-state index contributed by atoms with van der Waals surface area (Å²) in [6.45, 7) is 4.72. The molecule has 0 N–H and O–H groups in total. The first-order chi connectivity index (χ1) is 13.9. The largest absolute Gasteiger partial charge is 0.493 e. The van der Waals surface area contributed by atoms with E-state index in [0.717, 1.165) is 38.0 Å². The molecule has 4 atom stereocenters. The van der Waals surface area contributed by atoms with E-state index in [-0.39, 0.29) is 17.0 Å². The van der Waals surface area contributed by atoms with Crippen LogP contribution in [0.25, 0.3) is 0 Å². The molecule has 0 radical (unpaired) electrons. The second kappa shape index (κ2) is 7.04. The van der Waals surface area contributed by atoms with Crippen LogP contribution in [0.5, 0.6) is 5.75 Å². The fourth-order valence-corrected chi connectivity index (χ4v) is 6.19. The van der Waals surface area contributed by atoms with Crippen molar-refractivity contribution in [2.75, 3.05) is 24.6 Å². The van der Waals surface area contributed by atoms with E-state index in [4.69, 9.17) is 32.7 Å². The van der Waals surface area contributed by atoms with Crippen LogP contribution in [0.15, 0.2) is 42.5 Å². The Morgan fingerprint density at radius 1 is 1.07 bits per heavy atom. The summed E-state index contributed by atoms with van der Waals surface area (Å²) in [5.41, 5.74) is 0.839. The summed E-state index contributed by atoms with van der Waals surface area (Å²) in [6.07, 6.45) is 2.97. The zero-order valence-corrected chi connectivity index (χ0v) is 17.8. The summed E-state index contributed by atoms with van der Waals surface area (Å²) >= 11 is 12.5. The maximum atomic E-state index is 13.1. The van der Waals surface area contributed by atoms with Gasteiger partial charge >= 0.3 is 0 Å². The lowest BCUT2D eigenvalue weighted by atomic mass is 9.68. The fourth-order valence-electron chi connectivity index (χ4n) is 5.67. The Kier molecular flexibility index (Phi) is 4.73. The van der Waals surface area contributed by atoms with Crippen molar-refractivity contribution in [3.8, 4) is 5.75 Å². The van der Waals surface area contributed by atoms with Crippen LogP contribution in [-0.2, 0) is 4.74 Å². The lowest BCUT2D eigenvalue weighted by molar-refractivity contribution is -0.0647. The number of benzene rings is 2. The minimum Gasteiger partial charge on any atom is -0.493 e. The van der Waals surface area contributed by atoms with Gasteiger partial charge in [-0.15, -0.1) is 0 Å². The molecule has 6 heteroatoms. The predicted molar refractivity (Wildman–Crippen MR) is 114 cm³/mol. The normalized spacial score (nSPS) is 32.6. The lowest BCUT2D eigenvalue weighted by Crippen LogP contribution is -2.40. The van der Waals surface area contributed by atoms with E-state index in [1.165, 1.54) is 12.1 Å². The van der Waals surface area contributed by atoms with Crippen LogP contribution in [-0.4, -0.2) is 30.9 Å². The molecule has 0 amide bonds. The van der Waals surface area contributed by atoms with Crippen LogP contribution in [0.3, 0.4) is 0 Å². The van der Waals surface area contributed by atoms with E-state index < -0.39 is 0 Å². The standard InChI is InChI=1S/C23H24Cl2FNO2/c1-22-6-7-23(29-22,8-9-28-19-4-2-17(26)3-5-19)21-14-27(13-20(21)22)18-11-15(24)10-16(25)12-18/h2-5,10-12,20-21H,6-9,13-14H2,1H3. The molecule has 2 aromatic carbocycles. The van der Waals surface area contributed by atoms with Crippen LogP contribution < -0.4 is 9.64 Å². The Balaban J connectivity index is 1.31. The molecule has 3 nitrogen and oxygen atoms in total. The Morgan fingerprint density at radius 2 is 1.76 bits per heavy atom. The Morgan fingerprint density at radius 3 is 2.48 bits per heavy atom. The van der Waals surface area contributed by atoms with Gasteiger partial charge in [0, 0.05) is 47.1 Å². The van der Waals surface area contributed by atoms with Crippen molar-refractivity contribution in [2.24, 2.45) is 11.8 Å². The van der Waals surface area contributed by atoms with Gasteiger partial charge in [-0.2, -0.15) is 0 Å². The Hall–Kier alpha value is -1.49. The molecule has 3 heterocycles. The van der Waals surface area contributed by atoms with Crippen LogP contribution in [0.4, 0.5) is 10.1 Å². The molecule has 2 aromatic rings. The summed E-state index contributed by atoms with van der Waals surface area (Å²) in [6, 6.07) is 11.9. The van der Waals surface area contributed by atoms with Gasteiger partial charge in [-0.3, -0.25) is 0 Å². The summed E-state index contributed by atoms with van der Waals surface area (Å²) in [5.74, 6) is 1.38. The summed E-state index contributed by atoms with van der Waals surface area (Å²) in [7, 11) is 0. The second-order valence-corrected chi connectivity index (χ2v) is 9.65. The number of rotatable bonds is 5. The molecule has 0 aliphatic carbocycles. The van der Waals surface area contributed by atoms with Gasteiger partial charge in [-0.25, -0.2) is 4.39 Å². The second-order valence-electron chi connectivity index (χ2n) is 8.78. The van der Waals surface area contributed by atoms with Crippen molar-refractivity contribution in [2.45, 2.75) is 37.4 Å². The van der Waals surface area contributed by atoms with Crippen molar-refractivity contribution < 1.29 is 13.9 Å². The van der Waals surface area contributed by atoms with Crippen LogP contribution >= 0.6 is 23.2 Å². The maximum absolute atomic E-state index is 13.1. The van der Waals surface area contributed by atoms with Gasteiger partial charge in [0.25, 0.3) is 0 Å². The van der Waals surface area contributed by atoms with Crippen molar-refractivity contribution in [1.29, 1.82) is 0 Å². The Labute approximate surface area is 180 Å². The zero-order valence-electron chi connectivity index (χ0n) is 16.3. The van der Waals surface area contributed by atoms with Crippen molar-refractivity contribution in [3.63, 3.8) is 0 Å². The highest BCUT2D eigenvalue weighted by molar-refractivity contribution is 6.35. The number of nitrogens with zero attached hydrogens (tertiary/aromatic N) is 1. The average Bonchev–Trinajstić information content (AvgIpc) is 3.32. The lowest BCUT2D eigenvalue weighted by Gasteiger charge is -2.33. The number of hydrogen-bond acceptors (Lipinski definition) is 3. The van der Waals surface area contributed by atoms with Crippen LogP contribution in [0, 0.1) is 17.7 Å². The van der Waals surface area contributed by atoms with E-state index >= 15 is 0 Å². The molecule has 3 fully saturated rings. The van der Waals surface area contributed by atoms with Gasteiger partial charge in [0.1, 0.15) is 11.6 Å². The summed E-state index contributed by atoms with van der Waals surface area (Å²) in [5, 5.41) is 1.33. The van der Waals surface area contributed by atoms with Gasteiger partial charge in [0.15, 0.2) is 0 Å². The highest BCUT2D eigenvalue weighted by Crippen LogP contribution is 2.61. The van der Waals surface area contributed by atoms with Crippen LogP contribution in [0.1, 0.15) is 26.2 Å². The molecule has 2 bridgehead atoms. The molecule has 29 heavy (non-hydrogen) atoms. The first-order valence-corrected chi connectivity index (χ1v) is 10.9. The molecule has 3 saturated heterocycles. The predicted octanol–water partition coefficient (Wildman–Crippen LogP) is 5.98. The van der Waals surface area contributed by atoms with Crippen LogP contribution in [0.2, 0.25) is 10.0 Å². The smallest absolute Gasteiger partial charge is 0.123 e. The quantitative estimate of drug-likeness (QED) is 0.576. The first-order valence-electron chi connectivity index (χ1n) is 10.2.